The van der Waals surface area contributed by atoms with Crippen LogP contribution in [0.25, 0.3) is 11.3 Å². The molecule has 0 unspecified atom stereocenters. The van der Waals surface area contributed by atoms with Gasteiger partial charge < -0.3 is 9.47 Å². The highest BCUT2D eigenvalue weighted by molar-refractivity contribution is 6.17. The van der Waals surface area contributed by atoms with Crippen molar-refractivity contribution in [2.24, 2.45) is 0 Å². The summed E-state index contributed by atoms with van der Waals surface area (Å²) in [5.74, 6) is 1.41. The van der Waals surface area contributed by atoms with Crippen LogP contribution in [0, 0.1) is 0 Å². The Morgan fingerprint density at radius 2 is 1.90 bits per heavy atom. The highest BCUT2D eigenvalue weighted by atomic mass is 35.5. The Morgan fingerprint density at radius 1 is 1.19 bits per heavy atom. The van der Waals surface area contributed by atoms with E-state index in [0.29, 0.717) is 29.3 Å². The molecule has 0 radical (unpaired) electrons. The molecule has 2 rings (SSSR count). The molecular formula is C15H17ClN2O3. The lowest BCUT2D eigenvalue weighted by Crippen LogP contribution is -2.25. The van der Waals surface area contributed by atoms with E-state index < -0.39 is 0 Å². The topological polar surface area (TPSA) is 53.4 Å². The van der Waals surface area contributed by atoms with Crippen molar-refractivity contribution < 1.29 is 9.47 Å². The van der Waals surface area contributed by atoms with Gasteiger partial charge in [0.15, 0.2) is 11.5 Å². The molecule has 0 aliphatic rings. The zero-order valence-corrected chi connectivity index (χ0v) is 13.0. The molecular weight excluding hydrogens is 292 g/mol. The number of halogens is 1. The minimum Gasteiger partial charge on any atom is -0.493 e. The van der Waals surface area contributed by atoms with E-state index in [2.05, 4.69) is 5.10 Å². The minimum absolute atomic E-state index is 0.154. The number of ether oxygens (including phenoxy) is 2. The van der Waals surface area contributed by atoms with Crippen molar-refractivity contribution in [2.45, 2.75) is 19.3 Å². The third-order valence-corrected chi connectivity index (χ3v) is 3.46. The Morgan fingerprint density at radius 3 is 2.48 bits per heavy atom. The third kappa shape index (κ3) is 3.03. The first-order valence-corrected chi connectivity index (χ1v) is 7.07. The number of alkyl halides is 1. The average molecular weight is 309 g/mol. The van der Waals surface area contributed by atoms with Crippen molar-refractivity contribution in [1.82, 2.24) is 9.78 Å². The second-order valence-corrected chi connectivity index (χ2v) is 4.65. The fraction of sp³-hybridized carbons (Fsp3) is 0.333. The van der Waals surface area contributed by atoms with Gasteiger partial charge in [0.1, 0.15) is 0 Å². The molecule has 0 bridgehead atoms. The minimum atomic E-state index is -0.156. The maximum Gasteiger partial charge on any atom is 0.271 e. The quantitative estimate of drug-likeness (QED) is 0.797. The molecule has 0 atom stereocenters. The maximum atomic E-state index is 12.0. The predicted octanol–water partition coefficient (Wildman–Crippen LogP) is 2.69. The van der Waals surface area contributed by atoms with E-state index in [4.69, 9.17) is 21.1 Å². The van der Waals surface area contributed by atoms with Crippen LogP contribution in [0.2, 0.25) is 0 Å². The summed E-state index contributed by atoms with van der Waals surface area (Å²) in [6.07, 6.45) is 0. The number of nitrogens with zero attached hydrogens (tertiary/aromatic N) is 2. The molecule has 1 aromatic carbocycles. The van der Waals surface area contributed by atoms with Gasteiger partial charge in [0.05, 0.1) is 25.8 Å². The van der Waals surface area contributed by atoms with E-state index in [1.165, 1.54) is 4.68 Å². The Labute approximate surface area is 128 Å². The number of hydrogen-bond donors (Lipinski definition) is 0. The summed E-state index contributed by atoms with van der Waals surface area (Å²) < 4.78 is 11.9. The van der Waals surface area contributed by atoms with Gasteiger partial charge in [0.2, 0.25) is 0 Å². The molecule has 0 saturated carbocycles. The van der Waals surface area contributed by atoms with Crippen LogP contribution in [-0.2, 0) is 12.4 Å². The van der Waals surface area contributed by atoms with Crippen LogP contribution >= 0.6 is 11.6 Å². The fourth-order valence-corrected chi connectivity index (χ4v) is 2.24. The Hall–Kier alpha value is -2.01. The molecule has 1 heterocycles. The van der Waals surface area contributed by atoms with Crippen LogP contribution in [0.4, 0.5) is 0 Å². The predicted molar refractivity (Wildman–Crippen MR) is 82.3 cm³/mol. The first-order valence-electron chi connectivity index (χ1n) is 6.54. The van der Waals surface area contributed by atoms with Gasteiger partial charge in [-0.05, 0) is 31.2 Å². The molecule has 5 nitrogen and oxygen atoms in total. The van der Waals surface area contributed by atoms with Gasteiger partial charge in [-0.3, -0.25) is 4.79 Å². The summed E-state index contributed by atoms with van der Waals surface area (Å²) in [4.78, 5) is 12.0. The molecule has 112 valence electrons. The number of aryl methyl sites for hydroxylation is 1. The van der Waals surface area contributed by atoms with Gasteiger partial charge in [-0.25, -0.2) is 4.68 Å². The molecule has 0 amide bonds. The van der Waals surface area contributed by atoms with E-state index >= 15 is 0 Å². The Bertz CT molecular complexity index is 670. The van der Waals surface area contributed by atoms with E-state index in [0.717, 1.165) is 5.56 Å². The van der Waals surface area contributed by atoms with Crippen molar-refractivity contribution >= 4 is 11.6 Å². The summed E-state index contributed by atoms with van der Waals surface area (Å²) >= 11 is 5.84. The Balaban J connectivity index is 2.58. The van der Waals surface area contributed by atoms with Crippen LogP contribution in [0.15, 0.2) is 29.1 Å². The summed E-state index contributed by atoms with van der Waals surface area (Å²) in [6, 6.07) is 7.20. The van der Waals surface area contributed by atoms with Crippen molar-refractivity contribution in [3.05, 3.63) is 40.2 Å². The summed E-state index contributed by atoms with van der Waals surface area (Å²) in [5, 5.41) is 4.35. The second-order valence-electron chi connectivity index (χ2n) is 4.38. The number of aromatic nitrogens is 2. The molecule has 0 fully saturated rings. The van der Waals surface area contributed by atoms with Crippen molar-refractivity contribution in [3.8, 4) is 22.8 Å². The van der Waals surface area contributed by atoms with Crippen LogP contribution in [0.3, 0.4) is 0 Å². The van der Waals surface area contributed by atoms with E-state index in [9.17, 15) is 4.79 Å². The number of hydrogen-bond acceptors (Lipinski definition) is 4. The van der Waals surface area contributed by atoms with E-state index in [1.54, 1.807) is 26.4 Å². The molecule has 1 aromatic heterocycles. The molecule has 0 aliphatic carbocycles. The molecule has 2 aromatic rings. The zero-order chi connectivity index (χ0) is 15.4. The first-order chi connectivity index (χ1) is 10.1. The lowest BCUT2D eigenvalue weighted by atomic mass is 10.1. The summed E-state index contributed by atoms with van der Waals surface area (Å²) in [5.41, 5.74) is 1.88. The molecule has 0 saturated heterocycles. The molecule has 0 spiro atoms. The van der Waals surface area contributed by atoms with Gasteiger partial charge in [-0.1, -0.05) is 0 Å². The molecule has 6 heteroatoms. The van der Waals surface area contributed by atoms with Crippen molar-refractivity contribution in [3.63, 3.8) is 0 Å². The first kappa shape index (κ1) is 15.4. The normalized spacial score (nSPS) is 10.5. The van der Waals surface area contributed by atoms with Crippen LogP contribution in [-0.4, -0.2) is 24.0 Å². The van der Waals surface area contributed by atoms with Crippen LogP contribution in [0.5, 0.6) is 11.5 Å². The fourth-order valence-electron chi connectivity index (χ4n) is 2.04. The number of benzene rings is 1. The molecule has 0 aliphatic heterocycles. The summed E-state index contributed by atoms with van der Waals surface area (Å²) in [7, 11) is 3.16. The van der Waals surface area contributed by atoms with E-state index in [1.807, 2.05) is 19.1 Å². The average Bonchev–Trinajstić information content (AvgIpc) is 2.54. The van der Waals surface area contributed by atoms with Gasteiger partial charge in [-0.15, -0.1) is 11.6 Å². The van der Waals surface area contributed by atoms with Crippen LogP contribution < -0.4 is 15.0 Å². The number of rotatable bonds is 5. The van der Waals surface area contributed by atoms with Gasteiger partial charge in [-0.2, -0.15) is 5.10 Å². The smallest absolute Gasteiger partial charge is 0.271 e. The van der Waals surface area contributed by atoms with Gasteiger partial charge >= 0.3 is 0 Å². The standard InChI is InChI=1S/C15H17ClN2O3/c1-4-18-15(19)11(9-16)7-12(17-18)10-5-6-13(20-2)14(8-10)21-3/h5-8H,4,9H2,1-3H3. The summed E-state index contributed by atoms with van der Waals surface area (Å²) in [6.45, 7) is 2.36. The Kier molecular flexibility index (Phi) is 4.85. The second kappa shape index (κ2) is 6.63. The highest BCUT2D eigenvalue weighted by Crippen LogP contribution is 2.31. The third-order valence-electron chi connectivity index (χ3n) is 3.17. The largest absolute Gasteiger partial charge is 0.493 e. The lowest BCUT2D eigenvalue weighted by molar-refractivity contribution is 0.355. The monoisotopic (exact) mass is 308 g/mol. The van der Waals surface area contributed by atoms with Crippen molar-refractivity contribution in [1.29, 1.82) is 0 Å². The van der Waals surface area contributed by atoms with Gasteiger partial charge in [0.25, 0.3) is 5.56 Å². The van der Waals surface area contributed by atoms with Crippen molar-refractivity contribution in [2.75, 3.05) is 14.2 Å². The molecule has 21 heavy (non-hydrogen) atoms. The van der Waals surface area contributed by atoms with Gasteiger partial charge in [0, 0.05) is 17.7 Å². The highest BCUT2D eigenvalue weighted by Gasteiger charge is 2.11. The van der Waals surface area contributed by atoms with Crippen LogP contribution in [0.1, 0.15) is 12.5 Å². The SMILES string of the molecule is CCn1nc(-c2ccc(OC)c(OC)c2)cc(CCl)c1=O. The maximum absolute atomic E-state index is 12.0. The zero-order valence-electron chi connectivity index (χ0n) is 12.2. The number of methoxy groups -OCH3 is 2. The van der Waals surface area contributed by atoms with E-state index in [-0.39, 0.29) is 11.4 Å². The molecule has 0 N–H and O–H groups in total. The lowest BCUT2D eigenvalue weighted by Gasteiger charge is -2.11.